The molecular weight excluding hydrogens is 539 g/mol. The molecule has 0 bridgehead atoms. The van der Waals surface area contributed by atoms with Gasteiger partial charge in [0, 0.05) is 22.7 Å². The SMILES string of the molecule is C[C@]12C=CC(O)C=C1[C@@H](F)C[C@H]1[C@@H]3C[C@H]4CN(c5ccc(Cl)c(Cl)c5)O[C@@]4(C(=O)CO)[C@@]3(C)C[C@H](O)[C@@]12F. The minimum absolute atomic E-state index is 0.113. The predicted molar refractivity (Wildman–Crippen MR) is 138 cm³/mol. The summed E-state index contributed by atoms with van der Waals surface area (Å²) in [5.74, 6) is -2.39. The average molecular weight is 570 g/mol. The van der Waals surface area contributed by atoms with E-state index < -0.39 is 70.6 Å². The van der Waals surface area contributed by atoms with Crippen LogP contribution >= 0.6 is 23.2 Å². The zero-order chi connectivity index (χ0) is 27.4. The molecule has 1 aromatic carbocycles. The maximum absolute atomic E-state index is 17.4. The number of rotatable bonds is 3. The number of allylic oxidation sites excluding steroid dienone is 2. The van der Waals surface area contributed by atoms with Gasteiger partial charge in [-0.15, -0.1) is 0 Å². The minimum Gasteiger partial charge on any atom is -0.390 e. The van der Waals surface area contributed by atoms with Crippen molar-refractivity contribution in [1.29, 1.82) is 0 Å². The first-order valence-corrected chi connectivity index (χ1v) is 13.8. The van der Waals surface area contributed by atoms with Crippen LogP contribution in [0.2, 0.25) is 10.0 Å². The third-order valence-electron chi connectivity index (χ3n) is 10.5. The second-order valence-corrected chi connectivity index (χ2v) is 12.8. The van der Waals surface area contributed by atoms with Crippen LogP contribution in [0.15, 0.2) is 42.0 Å². The van der Waals surface area contributed by atoms with Crippen molar-refractivity contribution in [2.24, 2.45) is 28.6 Å². The molecule has 1 heterocycles. The fourth-order valence-corrected chi connectivity index (χ4v) is 9.07. The predicted octanol–water partition coefficient (Wildman–Crippen LogP) is 4.38. The molecule has 3 N–H and O–H groups in total. The molecule has 3 saturated carbocycles. The van der Waals surface area contributed by atoms with Crippen LogP contribution in [-0.4, -0.2) is 63.9 Å². The summed E-state index contributed by atoms with van der Waals surface area (Å²) in [6.45, 7) is 2.87. The van der Waals surface area contributed by atoms with Crippen molar-refractivity contribution in [3.8, 4) is 0 Å². The Morgan fingerprint density at radius 1 is 1.18 bits per heavy atom. The van der Waals surface area contributed by atoms with Crippen LogP contribution in [0.25, 0.3) is 0 Å². The molecule has 1 aromatic rings. The first kappa shape index (κ1) is 26.7. The van der Waals surface area contributed by atoms with E-state index >= 15 is 8.78 Å². The number of carbonyl (C=O) groups is 1. The molecule has 1 saturated heterocycles. The van der Waals surface area contributed by atoms with Gasteiger partial charge in [-0.25, -0.2) is 8.78 Å². The Bertz CT molecular complexity index is 1260. The van der Waals surface area contributed by atoms with Crippen molar-refractivity contribution in [2.45, 2.75) is 62.8 Å². The number of alkyl halides is 2. The zero-order valence-electron chi connectivity index (χ0n) is 21.1. The molecule has 10 heteroatoms. The number of hydroxylamine groups is 1. The van der Waals surface area contributed by atoms with E-state index in [4.69, 9.17) is 28.0 Å². The third-order valence-corrected chi connectivity index (χ3v) is 11.2. The van der Waals surface area contributed by atoms with E-state index in [2.05, 4.69) is 0 Å². The number of anilines is 1. The molecule has 38 heavy (non-hydrogen) atoms. The van der Waals surface area contributed by atoms with Gasteiger partial charge in [0.15, 0.2) is 17.1 Å². The number of aliphatic hydroxyl groups excluding tert-OH is 3. The molecule has 6 nitrogen and oxygen atoms in total. The largest absolute Gasteiger partial charge is 0.390 e. The highest BCUT2D eigenvalue weighted by Crippen LogP contribution is 2.72. The van der Waals surface area contributed by atoms with Crippen LogP contribution in [0, 0.1) is 28.6 Å². The molecule has 1 unspecified atom stereocenters. The molecule has 206 valence electrons. The fourth-order valence-electron chi connectivity index (χ4n) is 8.78. The summed E-state index contributed by atoms with van der Waals surface area (Å²) in [5.41, 5.74) is -5.57. The lowest BCUT2D eigenvalue weighted by molar-refractivity contribution is -0.228. The van der Waals surface area contributed by atoms with E-state index in [9.17, 15) is 20.1 Å². The van der Waals surface area contributed by atoms with Crippen LogP contribution in [0.4, 0.5) is 14.5 Å². The fraction of sp³-hybridized carbons (Fsp3) is 0.607. The number of hydrogen-bond donors (Lipinski definition) is 3. The van der Waals surface area contributed by atoms with Gasteiger partial charge in [-0.3, -0.25) is 14.7 Å². The van der Waals surface area contributed by atoms with Gasteiger partial charge in [0.05, 0.1) is 34.5 Å². The molecule has 5 aliphatic rings. The lowest BCUT2D eigenvalue weighted by Gasteiger charge is -2.63. The Hall–Kier alpha value is -1.55. The van der Waals surface area contributed by atoms with Crippen LogP contribution < -0.4 is 5.06 Å². The number of aliphatic hydroxyl groups is 3. The summed E-state index contributed by atoms with van der Waals surface area (Å²) in [7, 11) is 0. The molecule has 4 fully saturated rings. The van der Waals surface area contributed by atoms with Gasteiger partial charge in [-0.1, -0.05) is 42.3 Å². The van der Waals surface area contributed by atoms with E-state index in [0.717, 1.165) is 0 Å². The van der Waals surface area contributed by atoms with Gasteiger partial charge in [-0.05, 0) is 62.0 Å². The highest BCUT2D eigenvalue weighted by atomic mass is 35.5. The second kappa shape index (κ2) is 8.48. The van der Waals surface area contributed by atoms with E-state index in [1.54, 1.807) is 37.1 Å². The van der Waals surface area contributed by atoms with Crippen molar-refractivity contribution >= 4 is 34.7 Å². The molecule has 0 spiro atoms. The van der Waals surface area contributed by atoms with Gasteiger partial charge < -0.3 is 15.3 Å². The van der Waals surface area contributed by atoms with Crippen molar-refractivity contribution in [1.82, 2.24) is 0 Å². The molecular formula is C28H31Cl2F2NO5. The Kier molecular flexibility index (Phi) is 5.95. The lowest BCUT2D eigenvalue weighted by atomic mass is 9.44. The minimum atomic E-state index is -2.21. The summed E-state index contributed by atoms with van der Waals surface area (Å²) in [4.78, 5) is 20.0. The summed E-state index contributed by atoms with van der Waals surface area (Å²) in [5, 5.41) is 34.0. The number of benzene rings is 1. The van der Waals surface area contributed by atoms with Gasteiger partial charge in [-0.2, -0.15) is 0 Å². The lowest BCUT2D eigenvalue weighted by Crippen LogP contribution is -2.70. The average Bonchev–Trinajstić information content (AvgIpc) is 3.37. The number of Topliss-reactive ketones (excluding diaryl/α,β-unsaturated/α-hetero) is 1. The Morgan fingerprint density at radius 2 is 1.92 bits per heavy atom. The Morgan fingerprint density at radius 3 is 2.61 bits per heavy atom. The molecule has 4 aliphatic carbocycles. The van der Waals surface area contributed by atoms with Crippen LogP contribution in [0.5, 0.6) is 0 Å². The topological polar surface area (TPSA) is 90.2 Å². The molecule has 6 rings (SSSR count). The maximum Gasteiger partial charge on any atom is 0.193 e. The molecule has 0 radical (unpaired) electrons. The molecule has 0 aromatic heterocycles. The first-order chi connectivity index (χ1) is 17.8. The second-order valence-electron chi connectivity index (χ2n) is 12.0. The normalized spacial score (nSPS) is 47.2. The van der Waals surface area contributed by atoms with Gasteiger partial charge in [0.1, 0.15) is 12.8 Å². The van der Waals surface area contributed by atoms with Crippen molar-refractivity contribution in [2.75, 3.05) is 18.2 Å². The Labute approximate surface area is 229 Å². The van der Waals surface area contributed by atoms with E-state index in [1.807, 2.05) is 0 Å². The molecule has 1 aliphatic heterocycles. The standard InChI is InChI=1S/C28H31Cl2F2NO5/c1-25-6-5-16(35)9-19(25)22(31)10-18-17-7-14-12-33(15-3-4-20(29)21(30)8-15)38-28(14,24(37)13-34)26(17,2)11-23(36)27(18,25)32/h3-6,8-9,14,16-18,22-23,34-36H,7,10-13H2,1-2H3/t14-,16?,17-,18-,22-,23-,25-,26-,27-,28-/m0/s1. The number of nitrogens with zero attached hydrogens (tertiary/aromatic N) is 1. The summed E-state index contributed by atoms with van der Waals surface area (Å²) >= 11 is 12.3. The highest BCUT2D eigenvalue weighted by Gasteiger charge is 2.79. The van der Waals surface area contributed by atoms with Gasteiger partial charge in [0.25, 0.3) is 0 Å². The van der Waals surface area contributed by atoms with Gasteiger partial charge >= 0.3 is 0 Å². The number of hydrogen-bond acceptors (Lipinski definition) is 6. The van der Waals surface area contributed by atoms with E-state index in [1.165, 1.54) is 18.2 Å². The van der Waals surface area contributed by atoms with E-state index in [-0.39, 0.29) is 25.0 Å². The summed E-state index contributed by atoms with van der Waals surface area (Å²) in [6.07, 6.45) is 0.267. The van der Waals surface area contributed by atoms with Crippen molar-refractivity contribution < 1.29 is 33.7 Å². The van der Waals surface area contributed by atoms with Gasteiger partial charge in [0.2, 0.25) is 0 Å². The quantitative estimate of drug-likeness (QED) is 0.468. The van der Waals surface area contributed by atoms with Crippen LogP contribution in [0.1, 0.15) is 33.1 Å². The summed E-state index contributed by atoms with van der Waals surface area (Å²) in [6, 6.07) is 4.95. The van der Waals surface area contributed by atoms with E-state index in [0.29, 0.717) is 22.2 Å². The number of fused-ring (bicyclic) bond motifs is 7. The highest BCUT2D eigenvalue weighted by molar-refractivity contribution is 6.42. The number of halogens is 4. The third kappa shape index (κ3) is 3.10. The molecule has 10 atom stereocenters. The Balaban J connectivity index is 1.44. The monoisotopic (exact) mass is 569 g/mol. The van der Waals surface area contributed by atoms with Crippen LogP contribution in [-0.2, 0) is 9.63 Å². The first-order valence-electron chi connectivity index (χ1n) is 13.0. The van der Waals surface area contributed by atoms with Crippen molar-refractivity contribution in [3.63, 3.8) is 0 Å². The smallest absolute Gasteiger partial charge is 0.193 e. The zero-order valence-corrected chi connectivity index (χ0v) is 22.6. The number of carbonyl (C=O) groups excluding carboxylic acids is 1. The summed E-state index contributed by atoms with van der Waals surface area (Å²) < 4.78 is 33.2. The van der Waals surface area contributed by atoms with Crippen molar-refractivity contribution in [3.05, 3.63) is 52.0 Å². The van der Waals surface area contributed by atoms with Crippen LogP contribution in [0.3, 0.4) is 0 Å². The number of ketones is 1. The molecule has 0 amide bonds. The maximum atomic E-state index is 17.4.